The molecule has 1 aliphatic heterocycles. The molecule has 0 amide bonds. The van der Waals surface area contributed by atoms with E-state index in [2.05, 4.69) is 10.3 Å². The summed E-state index contributed by atoms with van der Waals surface area (Å²) in [6.45, 7) is 2.97. The van der Waals surface area contributed by atoms with Crippen molar-refractivity contribution >= 4 is 5.69 Å². The second-order valence-corrected chi connectivity index (χ2v) is 3.40. The third-order valence-electron chi connectivity index (χ3n) is 2.45. The van der Waals surface area contributed by atoms with Gasteiger partial charge in [-0.3, -0.25) is 4.79 Å². The maximum Gasteiger partial charge on any atom is 0.205 e. The molecule has 0 unspecified atom stereocenters. The predicted octanol–water partition coefficient (Wildman–Crippen LogP) is 1.30. The predicted molar refractivity (Wildman–Crippen MR) is 53.3 cm³/mol. The van der Waals surface area contributed by atoms with Crippen LogP contribution < -0.4 is 10.7 Å². The maximum atomic E-state index is 11.6. The van der Waals surface area contributed by atoms with Crippen LogP contribution in [-0.4, -0.2) is 11.5 Å². The first kappa shape index (κ1) is 8.35. The van der Waals surface area contributed by atoms with Crippen LogP contribution >= 0.6 is 0 Å². The first-order valence-corrected chi connectivity index (χ1v) is 4.80. The summed E-state index contributed by atoms with van der Waals surface area (Å²) in [4.78, 5) is 14.9. The number of aromatic nitrogens is 1. The van der Waals surface area contributed by atoms with E-state index < -0.39 is 0 Å². The third-order valence-corrected chi connectivity index (χ3v) is 2.45. The lowest BCUT2D eigenvalue weighted by Crippen LogP contribution is -2.21. The minimum atomic E-state index is 0.130. The zero-order valence-electron chi connectivity index (χ0n) is 7.81. The molecule has 3 heteroatoms. The van der Waals surface area contributed by atoms with E-state index in [-0.39, 0.29) is 5.43 Å². The molecular weight excluding hydrogens is 164 g/mol. The zero-order valence-corrected chi connectivity index (χ0v) is 7.81. The Kier molecular flexibility index (Phi) is 2.08. The second kappa shape index (κ2) is 3.24. The summed E-state index contributed by atoms with van der Waals surface area (Å²) in [7, 11) is 0. The highest BCUT2D eigenvalue weighted by molar-refractivity contribution is 5.50. The molecule has 0 atom stereocenters. The molecule has 2 N–H and O–H groups in total. The molecule has 3 nitrogen and oxygen atoms in total. The molecule has 0 saturated heterocycles. The number of H-pyrrole nitrogens is 1. The molecule has 1 aromatic heterocycles. The van der Waals surface area contributed by atoms with E-state index in [1.165, 1.54) is 0 Å². The molecule has 0 aromatic carbocycles. The largest absolute Gasteiger partial charge is 0.380 e. The van der Waals surface area contributed by atoms with Gasteiger partial charge in [-0.15, -0.1) is 0 Å². The Morgan fingerprint density at radius 2 is 2.38 bits per heavy atom. The standard InChI is InChI=1S/C10H14N2O/c1-2-7-6-9(13)10-8(12-7)4-3-5-11-10/h6,11H,2-5H2,1H3,(H,12,13). The topological polar surface area (TPSA) is 44.9 Å². The van der Waals surface area contributed by atoms with Crippen molar-refractivity contribution < 1.29 is 0 Å². The summed E-state index contributed by atoms with van der Waals surface area (Å²) < 4.78 is 0. The van der Waals surface area contributed by atoms with E-state index in [0.29, 0.717) is 0 Å². The molecule has 0 radical (unpaired) electrons. The van der Waals surface area contributed by atoms with Crippen LogP contribution in [0, 0.1) is 0 Å². The summed E-state index contributed by atoms with van der Waals surface area (Å²) in [6.07, 6.45) is 2.99. The van der Waals surface area contributed by atoms with Crippen LogP contribution in [0.5, 0.6) is 0 Å². The van der Waals surface area contributed by atoms with E-state index in [4.69, 9.17) is 0 Å². The number of hydrogen-bond acceptors (Lipinski definition) is 2. The molecule has 0 aliphatic carbocycles. The van der Waals surface area contributed by atoms with Gasteiger partial charge >= 0.3 is 0 Å². The molecule has 0 fully saturated rings. The maximum absolute atomic E-state index is 11.6. The van der Waals surface area contributed by atoms with Gasteiger partial charge in [-0.25, -0.2) is 0 Å². The summed E-state index contributed by atoms with van der Waals surface area (Å²) in [6, 6.07) is 1.69. The van der Waals surface area contributed by atoms with Gasteiger partial charge in [0.05, 0.1) is 0 Å². The number of aryl methyl sites for hydroxylation is 2. The molecule has 1 aromatic rings. The number of hydrogen-bond donors (Lipinski definition) is 2. The SMILES string of the molecule is CCc1cc(=O)c2c([nH]1)CCCN2. The Bertz CT molecular complexity index is 368. The smallest absolute Gasteiger partial charge is 0.205 e. The van der Waals surface area contributed by atoms with Crippen molar-refractivity contribution in [3.63, 3.8) is 0 Å². The van der Waals surface area contributed by atoms with Crippen LogP contribution in [0.15, 0.2) is 10.9 Å². The second-order valence-electron chi connectivity index (χ2n) is 3.40. The lowest BCUT2D eigenvalue weighted by atomic mass is 10.1. The van der Waals surface area contributed by atoms with Crippen LogP contribution in [0.3, 0.4) is 0 Å². The summed E-state index contributed by atoms with van der Waals surface area (Å²) in [5.41, 5.74) is 3.02. The van der Waals surface area contributed by atoms with E-state index in [1.807, 2.05) is 6.92 Å². The van der Waals surface area contributed by atoms with E-state index >= 15 is 0 Å². The molecule has 1 aliphatic rings. The first-order chi connectivity index (χ1) is 6.31. The van der Waals surface area contributed by atoms with Gasteiger partial charge < -0.3 is 10.3 Å². The van der Waals surface area contributed by atoms with Gasteiger partial charge in [0.15, 0.2) is 0 Å². The van der Waals surface area contributed by atoms with Crippen molar-refractivity contribution in [3.8, 4) is 0 Å². The van der Waals surface area contributed by atoms with Crippen LogP contribution in [0.4, 0.5) is 5.69 Å². The minimum Gasteiger partial charge on any atom is -0.380 e. The van der Waals surface area contributed by atoms with Crippen molar-refractivity contribution in [3.05, 3.63) is 27.7 Å². The lowest BCUT2D eigenvalue weighted by Gasteiger charge is -2.17. The molecule has 2 rings (SSSR count). The fourth-order valence-electron chi connectivity index (χ4n) is 1.72. The Hall–Kier alpha value is -1.25. The molecule has 70 valence electrons. The summed E-state index contributed by atoms with van der Waals surface area (Å²) in [5, 5.41) is 3.14. The van der Waals surface area contributed by atoms with E-state index in [1.54, 1.807) is 6.07 Å². The Morgan fingerprint density at radius 1 is 1.54 bits per heavy atom. The average Bonchev–Trinajstić information content (AvgIpc) is 2.18. The molecule has 0 spiro atoms. The first-order valence-electron chi connectivity index (χ1n) is 4.80. The van der Waals surface area contributed by atoms with Crippen LogP contribution in [0.1, 0.15) is 24.7 Å². The van der Waals surface area contributed by atoms with E-state index in [0.717, 1.165) is 42.9 Å². The average molecular weight is 178 g/mol. The van der Waals surface area contributed by atoms with Gasteiger partial charge in [0.25, 0.3) is 0 Å². The van der Waals surface area contributed by atoms with Crippen molar-refractivity contribution in [1.29, 1.82) is 0 Å². The summed E-state index contributed by atoms with van der Waals surface area (Å²) >= 11 is 0. The van der Waals surface area contributed by atoms with Gasteiger partial charge in [-0.2, -0.15) is 0 Å². The Morgan fingerprint density at radius 3 is 3.15 bits per heavy atom. The third kappa shape index (κ3) is 1.46. The molecule has 2 heterocycles. The highest BCUT2D eigenvalue weighted by Crippen LogP contribution is 2.15. The van der Waals surface area contributed by atoms with Gasteiger partial charge in [0.2, 0.25) is 5.43 Å². The Balaban J connectivity index is 2.53. The number of anilines is 1. The van der Waals surface area contributed by atoms with E-state index in [9.17, 15) is 4.79 Å². The Labute approximate surface area is 77.2 Å². The molecule has 13 heavy (non-hydrogen) atoms. The van der Waals surface area contributed by atoms with Crippen LogP contribution in [-0.2, 0) is 12.8 Å². The van der Waals surface area contributed by atoms with Crippen molar-refractivity contribution in [1.82, 2.24) is 4.98 Å². The highest BCUT2D eigenvalue weighted by atomic mass is 16.1. The molecular formula is C10H14N2O. The number of rotatable bonds is 1. The van der Waals surface area contributed by atoms with Gasteiger partial charge in [0, 0.05) is 24.0 Å². The lowest BCUT2D eigenvalue weighted by molar-refractivity contribution is 0.787. The fourth-order valence-corrected chi connectivity index (χ4v) is 1.72. The van der Waals surface area contributed by atoms with Crippen molar-refractivity contribution in [2.45, 2.75) is 26.2 Å². The molecule has 0 saturated carbocycles. The van der Waals surface area contributed by atoms with Crippen molar-refractivity contribution in [2.24, 2.45) is 0 Å². The number of nitrogens with one attached hydrogen (secondary N) is 2. The monoisotopic (exact) mass is 178 g/mol. The number of pyridine rings is 1. The molecule has 0 bridgehead atoms. The van der Waals surface area contributed by atoms with Crippen LogP contribution in [0.25, 0.3) is 0 Å². The van der Waals surface area contributed by atoms with Gasteiger partial charge in [-0.05, 0) is 19.3 Å². The zero-order chi connectivity index (χ0) is 9.26. The fraction of sp³-hybridized carbons (Fsp3) is 0.500. The van der Waals surface area contributed by atoms with Crippen LogP contribution in [0.2, 0.25) is 0 Å². The van der Waals surface area contributed by atoms with Crippen molar-refractivity contribution in [2.75, 3.05) is 11.9 Å². The highest BCUT2D eigenvalue weighted by Gasteiger charge is 2.12. The van der Waals surface area contributed by atoms with Gasteiger partial charge in [-0.1, -0.05) is 6.92 Å². The minimum absolute atomic E-state index is 0.130. The summed E-state index contributed by atoms with van der Waals surface area (Å²) in [5.74, 6) is 0. The van der Waals surface area contributed by atoms with Gasteiger partial charge in [0.1, 0.15) is 5.69 Å². The quantitative estimate of drug-likeness (QED) is 0.680. The number of fused-ring (bicyclic) bond motifs is 1. The number of aromatic amines is 1. The normalized spacial score (nSPS) is 14.8.